The largest absolute Gasteiger partial charge is 0.385 e. The number of hydrogen-bond donors (Lipinski definition) is 2. The number of H-pyrrole nitrogens is 1. The van der Waals surface area contributed by atoms with Crippen molar-refractivity contribution in [3.05, 3.63) is 18.5 Å². The van der Waals surface area contributed by atoms with Crippen molar-refractivity contribution in [1.29, 1.82) is 0 Å². The zero-order valence-corrected chi connectivity index (χ0v) is 11.7. The highest BCUT2D eigenvalue weighted by Gasteiger charge is 2.25. The zero-order chi connectivity index (χ0) is 13.9. The van der Waals surface area contributed by atoms with E-state index in [0.29, 0.717) is 6.04 Å². The van der Waals surface area contributed by atoms with E-state index in [2.05, 4.69) is 15.3 Å². The molecular weight excluding hydrogens is 252 g/mol. The molecule has 0 aliphatic heterocycles. The number of hydrogen-bond acceptors (Lipinski definition) is 3. The van der Waals surface area contributed by atoms with Gasteiger partial charge in [0.15, 0.2) is 0 Å². The summed E-state index contributed by atoms with van der Waals surface area (Å²) in [6, 6.07) is 2.28. The van der Waals surface area contributed by atoms with Crippen LogP contribution < -0.4 is 10.2 Å². The Balaban J connectivity index is 2.09. The molecule has 0 unspecified atom stereocenters. The molecule has 2 aromatic heterocycles. The Hall–Kier alpha value is -2.04. The summed E-state index contributed by atoms with van der Waals surface area (Å²) in [7, 11) is 1.86. The van der Waals surface area contributed by atoms with Crippen LogP contribution in [0.25, 0.3) is 11.0 Å². The molecule has 106 valence electrons. The van der Waals surface area contributed by atoms with Crippen molar-refractivity contribution in [2.24, 2.45) is 0 Å². The highest BCUT2D eigenvalue weighted by molar-refractivity contribution is 6.01. The van der Waals surface area contributed by atoms with Gasteiger partial charge in [0.25, 0.3) is 0 Å². The van der Waals surface area contributed by atoms with Crippen LogP contribution >= 0.6 is 0 Å². The SMILES string of the molecule is CNc1cnc2[nH]ccc2c1N(C=O)C1CCCCC1. The van der Waals surface area contributed by atoms with Crippen molar-refractivity contribution in [2.45, 2.75) is 38.1 Å². The second-order valence-corrected chi connectivity index (χ2v) is 5.31. The van der Waals surface area contributed by atoms with Crippen LogP contribution in [-0.4, -0.2) is 29.5 Å². The van der Waals surface area contributed by atoms with Gasteiger partial charge in [0.05, 0.1) is 17.6 Å². The average Bonchev–Trinajstić information content (AvgIpc) is 2.98. The van der Waals surface area contributed by atoms with Crippen LogP contribution in [0.4, 0.5) is 11.4 Å². The lowest BCUT2D eigenvalue weighted by Crippen LogP contribution is -2.36. The molecule has 0 spiro atoms. The maximum Gasteiger partial charge on any atom is 0.214 e. The third-order valence-corrected chi connectivity index (χ3v) is 4.17. The van der Waals surface area contributed by atoms with Crippen molar-refractivity contribution < 1.29 is 4.79 Å². The molecular formula is C15H20N4O. The third kappa shape index (κ3) is 2.13. The van der Waals surface area contributed by atoms with E-state index < -0.39 is 0 Å². The predicted molar refractivity (Wildman–Crippen MR) is 81.1 cm³/mol. The van der Waals surface area contributed by atoms with Gasteiger partial charge in [-0.2, -0.15) is 0 Å². The predicted octanol–water partition coefficient (Wildman–Crippen LogP) is 2.90. The standard InChI is InChI=1S/C15H20N4O/c1-16-13-9-18-15-12(7-8-17-15)14(13)19(10-20)11-5-3-2-4-6-11/h7-11,16H,2-6H2,1H3,(H,17,18). The minimum absolute atomic E-state index is 0.300. The first-order valence-corrected chi connectivity index (χ1v) is 7.22. The van der Waals surface area contributed by atoms with Gasteiger partial charge >= 0.3 is 0 Å². The summed E-state index contributed by atoms with van der Waals surface area (Å²) in [5.74, 6) is 0. The van der Waals surface area contributed by atoms with Crippen LogP contribution in [-0.2, 0) is 4.79 Å². The van der Waals surface area contributed by atoms with Crippen LogP contribution in [0.5, 0.6) is 0 Å². The first-order chi connectivity index (χ1) is 9.85. The smallest absolute Gasteiger partial charge is 0.214 e. The van der Waals surface area contributed by atoms with E-state index in [4.69, 9.17) is 0 Å². The molecule has 1 saturated carbocycles. The molecule has 1 aliphatic rings. The van der Waals surface area contributed by atoms with Gasteiger partial charge in [0, 0.05) is 24.7 Å². The molecule has 2 N–H and O–H groups in total. The van der Waals surface area contributed by atoms with Gasteiger partial charge in [-0.05, 0) is 18.9 Å². The number of carbonyl (C=O) groups excluding carboxylic acids is 1. The number of aromatic nitrogens is 2. The number of anilines is 2. The topological polar surface area (TPSA) is 61.0 Å². The van der Waals surface area contributed by atoms with E-state index in [1.54, 1.807) is 6.20 Å². The number of nitrogens with one attached hydrogen (secondary N) is 2. The van der Waals surface area contributed by atoms with Gasteiger partial charge in [-0.25, -0.2) is 4.98 Å². The summed E-state index contributed by atoms with van der Waals surface area (Å²) in [5.41, 5.74) is 2.66. The Morgan fingerprint density at radius 1 is 1.40 bits per heavy atom. The van der Waals surface area contributed by atoms with Gasteiger partial charge in [-0.3, -0.25) is 4.79 Å². The minimum Gasteiger partial charge on any atom is -0.385 e. The quantitative estimate of drug-likeness (QED) is 0.841. The van der Waals surface area contributed by atoms with Crippen LogP contribution in [0.2, 0.25) is 0 Å². The normalized spacial score (nSPS) is 16.2. The molecule has 0 aromatic carbocycles. The maximum absolute atomic E-state index is 11.7. The Morgan fingerprint density at radius 2 is 2.20 bits per heavy atom. The molecule has 1 amide bonds. The molecule has 20 heavy (non-hydrogen) atoms. The number of nitrogens with zero attached hydrogens (tertiary/aromatic N) is 2. The molecule has 2 heterocycles. The van der Waals surface area contributed by atoms with Crippen LogP contribution in [0.15, 0.2) is 18.5 Å². The average molecular weight is 272 g/mol. The van der Waals surface area contributed by atoms with E-state index in [0.717, 1.165) is 41.7 Å². The van der Waals surface area contributed by atoms with E-state index in [1.165, 1.54) is 19.3 Å². The van der Waals surface area contributed by atoms with Gasteiger partial charge in [-0.1, -0.05) is 19.3 Å². The summed E-state index contributed by atoms with van der Waals surface area (Å²) in [4.78, 5) is 21.1. The lowest BCUT2D eigenvalue weighted by atomic mass is 9.94. The van der Waals surface area contributed by atoms with Crippen molar-refractivity contribution >= 4 is 28.8 Å². The summed E-state index contributed by atoms with van der Waals surface area (Å²) in [5, 5.41) is 4.15. The molecule has 0 radical (unpaired) electrons. The minimum atomic E-state index is 0.300. The Kier molecular flexibility index (Phi) is 3.58. The number of fused-ring (bicyclic) bond motifs is 1. The summed E-state index contributed by atoms with van der Waals surface area (Å²) in [6.45, 7) is 0. The monoisotopic (exact) mass is 272 g/mol. The second-order valence-electron chi connectivity index (χ2n) is 5.31. The summed E-state index contributed by atoms with van der Waals surface area (Å²) in [6.07, 6.45) is 10.5. The van der Waals surface area contributed by atoms with Gasteiger partial charge in [0.1, 0.15) is 5.65 Å². The van der Waals surface area contributed by atoms with Gasteiger partial charge in [0.2, 0.25) is 6.41 Å². The molecule has 0 saturated heterocycles. The fourth-order valence-electron chi connectivity index (χ4n) is 3.14. The highest BCUT2D eigenvalue weighted by Crippen LogP contribution is 2.36. The van der Waals surface area contributed by atoms with Crippen LogP contribution in [0, 0.1) is 0 Å². The lowest BCUT2D eigenvalue weighted by Gasteiger charge is -2.32. The first-order valence-electron chi connectivity index (χ1n) is 7.22. The number of pyridine rings is 1. The highest BCUT2D eigenvalue weighted by atomic mass is 16.1. The molecule has 5 nitrogen and oxygen atoms in total. The molecule has 2 aromatic rings. The van der Waals surface area contributed by atoms with Crippen molar-refractivity contribution in [1.82, 2.24) is 9.97 Å². The molecule has 0 atom stereocenters. The third-order valence-electron chi connectivity index (χ3n) is 4.17. The lowest BCUT2D eigenvalue weighted by molar-refractivity contribution is -0.108. The van der Waals surface area contributed by atoms with Gasteiger partial charge < -0.3 is 15.2 Å². The zero-order valence-electron chi connectivity index (χ0n) is 11.7. The van der Waals surface area contributed by atoms with E-state index in [9.17, 15) is 4.79 Å². The number of carbonyl (C=O) groups is 1. The summed E-state index contributed by atoms with van der Waals surface area (Å²) >= 11 is 0. The number of amides is 1. The van der Waals surface area contributed by atoms with E-state index in [1.807, 2.05) is 24.2 Å². The molecule has 3 rings (SSSR count). The maximum atomic E-state index is 11.7. The first kappa shape index (κ1) is 13.0. The van der Waals surface area contributed by atoms with Gasteiger partial charge in [-0.15, -0.1) is 0 Å². The van der Waals surface area contributed by atoms with E-state index in [-0.39, 0.29) is 0 Å². The molecule has 1 aliphatic carbocycles. The Labute approximate surface area is 118 Å². The molecule has 5 heteroatoms. The molecule has 0 bridgehead atoms. The Morgan fingerprint density at radius 3 is 2.90 bits per heavy atom. The number of aromatic amines is 1. The van der Waals surface area contributed by atoms with Crippen LogP contribution in [0.3, 0.4) is 0 Å². The van der Waals surface area contributed by atoms with Crippen molar-refractivity contribution in [3.63, 3.8) is 0 Å². The van der Waals surface area contributed by atoms with E-state index >= 15 is 0 Å². The summed E-state index contributed by atoms with van der Waals surface area (Å²) < 4.78 is 0. The number of rotatable bonds is 4. The van der Waals surface area contributed by atoms with Crippen molar-refractivity contribution in [3.8, 4) is 0 Å². The Bertz CT molecular complexity index is 601. The van der Waals surface area contributed by atoms with Crippen molar-refractivity contribution in [2.75, 3.05) is 17.3 Å². The fraction of sp³-hybridized carbons (Fsp3) is 0.467. The fourth-order valence-corrected chi connectivity index (χ4v) is 3.14. The molecule has 1 fully saturated rings. The van der Waals surface area contributed by atoms with Crippen LogP contribution in [0.1, 0.15) is 32.1 Å². The second kappa shape index (κ2) is 5.53.